The van der Waals surface area contributed by atoms with Crippen LogP contribution in [-0.2, 0) is 4.74 Å². The molecule has 0 aliphatic heterocycles. The number of allylic oxidation sites excluding steroid dienone is 3. The summed E-state index contributed by atoms with van der Waals surface area (Å²) in [5.41, 5.74) is 0. The Kier molecular flexibility index (Phi) is 4.04. The van der Waals surface area contributed by atoms with Crippen LogP contribution >= 0.6 is 0 Å². The Labute approximate surface area is 50.7 Å². The van der Waals surface area contributed by atoms with Crippen molar-refractivity contribution in [2.45, 2.75) is 20.8 Å². The van der Waals surface area contributed by atoms with Crippen molar-refractivity contribution in [3.05, 3.63) is 24.2 Å². The monoisotopic (exact) mass is 112 g/mol. The van der Waals surface area contributed by atoms with Gasteiger partial charge in [0.05, 0.1) is 12.0 Å². The Hall–Kier alpha value is -0.720. The Morgan fingerprint density at radius 2 is 2.00 bits per heavy atom. The van der Waals surface area contributed by atoms with Crippen LogP contribution in [0.15, 0.2) is 24.2 Å². The van der Waals surface area contributed by atoms with Crippen molar-refractivity contribution in [2.75, 3.05) is 0 Å². The molecular formula is C7H12O. The van der Waals surface area contributed by atoms with E-state index in [1.165, 1.54) is 0 Å². The summed E-state index contributed by atoms with van der Waals surface area (Å²) < 4.78 is 5.02. The van der Waals surface area contributed by atoms with Gasteiger partial charge in [0.1, 0.15) is 0 Å². The highest BCUT2D eigenvalue weighted by molar-refractivity contribution is 4.87. The van der Waals surface area contributed by atoms with Crippen LogP contribution in [0.4, 0.5) is 0 Å². The van der Waals surface area contributed by atoms with Gasteiger partial charge in [-0.2, -0.15) is 0 Å². The van der Waals surface area contributed by atoms with Gasteiger partial charge in [0.15, 0.2) is 0 Å². The molecule has 0 unspecified atom stereocenters. The molecule has 0 spiro atoms. The number of rotatable bonds is 2. The van der Waals surface area contributed by atoms with E-state index >= 15 is 0 Å². The van der Waals surface area contributed by atoms with Crippen LogP contribution in [0.1, 0.15) is 20.8 Å². The van der Waals surface area contributed by atoms with Crippen molar-refractivity contribution in [3.8, 4) is 0 Å². The maximum absolute atomic E-state index is 5.02. The van der Waals surface area contributed by atoms with E-state index in [4.69, 9.17) is 4.74 Å². The summed E-state index contributed by atoms with van der Waals surface area (Å²) in [6, 6.07) is 0. The molecule has 1 heteroatoms. The van der Waals surface area contributed by atoms with Gasteiger partial charge in [-0.1, -0.05) is 6.08 Å². The average Bonchev–Trinajstić information content (AvgIpc) is 1.83. The van der Waals surface area contributed by atoms with E-state index in [1.807, 2.05) is 32.9 Å². The average molecular weight is 112 g/mol. The zero-order chi connectivity index (χ0) is 6.41. The van der Waals surface area contributed by atoms with Crippen LogP contribution in [0.5, 0.6) is 0 Å². The normalized spacial score (nSPS) is 12.6. The van der Waals surface area contributed by atoms with Crippen LogP contribution in [0.25, 0.3) is 0 Å². The summed E-state index contributed by atoms with van der Waals surface area (Å²) in [7, 11) is 0. The molecule has 0 fully saturated rings. The summed E-state index contributed by atoms with van der Waals surface area (Å²) in [5, 5.41) is 0. The molecule has 0 rings (SSSR count). The predicted molar refractivity (Wildman–Crippen MR) is 35.3 cm³/mol. The maximum atomic E-state index is 5.02. The van der Waals surface area contributed by atoms with E-state index in [1.54, 1.807) is 6.26 Å². The molecule has 8 heavy (non-hydrogen) atoms. The van der Waals surface area contributed by atoms with E-state index in [0.717, 1.165) is 5.76 Å². The first-order chi connectivity index (χ1) is 3.81. The molecule has 0 aromatic rings. The molecule has 0 heterocycles. The third kappa shape index (κ3) is 3.47. The van der Waals surface area contributed by atoms with Gasteiger partial charge in [-0.15, -0.1) is 0 Å². The fourth-order valence-corrected chi connectivity index (χ4v) is 0.243. The predicted octanol–water partition coefficient (Wildman–Crippen LogP) is 2.46. The minimum absolute atomic E-state index is 0.933. The minimum Gasteiger partial charge on any atom is -0.470 e. The Balaban J connectivity index is 3.40. The third-order valence-corrected chi connectivity index (χ3v) is 0.797. The van der Waals surface area contributed by atoms with Crippen LogP contribution in [-0.4, -0.2) is 0 Å². The fraction of sp³-hybridized carbons (Fsp3) is 0.429. The largest absolute Gasteiger partial charge is 0.470 e. The molecule has 1 nitrogen and oxygen atoms in total. The second-order valence-electron chi connectivity index (χ2n) is 1.49. The number of hydrogen-bond donors (Lipinski definition) is 0. The van der Waals surface area contributed by atoms with Gasteiger partial charge >= 0.3 is 0 Å². The molecule has 46 valence electrons. The highest BCUT2D eigenvalue weighted by Gasteiger charge is 1.76. The van der Waals surface area contributed by atoms with Crippen molar-refractivity contribution in [1.82, 2.24) is 0 Å². The standard InChI is InChI=1S/C7H12O/c1-4-6-8-7(3)5-2/h4-6H,1-3H3/b6-4-,7-5-. The van der Waals surface area contributed by atoms with Gasteiger partial charge in [0, 0.05) is 0 Å². The molecule has 0 aromatic carbocycles. The van der Waals surface area contributed by atoms with E-state index in [0.29, 0.717) is 0 Å². The van der Waals surface area contributed by atoms with Crippen molar-refractivity contribution < 1.29 is 4.74 Å². The summed E-state index contributed by atoms with van der Waals surface area (Å²) in [4.78, 5) is 0. The Morgan fingerprint density at radius 1 is 1.38 bits per heavy atom. The van der Waals surface area contributed by atoms with Crippen molar-refractivity contribution in [3.63, 3.8) is 0 Å². The van der Waals surface area contributed by atoms with Crippen molar-refractivity contribution in [2.24, 2.45) is 0 Å². The zero-order valence-corrected chi connectivity index (χ0v) is 5.64. The van der Waals surface area contributed by atoms with Gasteiger partial charge in [-0.3, -0.25) is 0 Å². The lowest BCUT2D eigenvalue weighted by Crippen LogP contribution is -1.73. The third-order valence-electron chi connectivity index (χ3n) is 0.797. The zero-order valence-electron chi connectivity index (χ0n) is 5.64. The Morgan fingerprint density at radius 3 is 2.38 bits per heavy atom. The quantitative estimate of drug-likeness (QED) is 0.498. The molecule has 0 aliphatic carbocycles. The second kappa shape index (κ2) is 4.44. The molecule has 0 saturated carbocycles. The van der Waals surface area contributed by atoms with E-state index < -0.39 is 0 Å². The first kappa shape index (κ1) is 7.28. The highest BCUT2D eigenvalue weighted by Crippen LogP contribution is 1.93. The number of ether oxygens (including phenoxy) is 1. The molecule has 0 bridgehead atoms. The summed E-state index contributed by atoms with van der Waals surface area (Å²) >= 11 is 0. The lowest BCUT2D eigenvalue weighted by molar-refractivity contribution is 0.352. The first-order valence-electron chi connectivity index (χ1n) is 2.72. The second-order valence-corrected chi connectivity index (χ2v) is 1.49. The van der Waals surface area contributed by atoms with Crippen LogP contribution in [0.2, 0.25) is 0 Å². The molecule has 0 atom stereocenters. The van der Waals surface area contributed by atoms with Gasteiger partial charge in [-0.25, -0.2) is 0 Å². The van der Waals surface area contributed by atoms with Crippen molar-refractivity contribution in [1.29, 1.82) is 0 Å². The molecule has 0 aliphatic rings. The lowest BCUT2D eigenvalue weighted by Gasteiger charge is -1.94. The topological polar surface area (TPSA) is 9.23 Å². The van der Waals surface area contributed by atoms with Gasteiger partial charge in [-0.05, 0) is 26.8 Å². The van der Waals surface area contributed by atoms with Crippen molar-refractivity contribution >= 4 is 0 Å². The molecule has 0 aromatic heterocycles. The van der Waals surface area contributed by atoms with Gasteiger partial charge < -0.3 is 4.74 Å². The molecule has 0 radical (unpaired) electrons. The number of hydrogen-bond acceptors (Lipinski definition) is 1. The molecule has 0 saturated heterocycles. The van der Waals surface area contributed by atoms with E-state index in [2.05, 4.69) is 0 Å². The van der Waals surface area contributed by atoms with E-state index in [-0.39, 0.29) is 0 Å². The Bertz CT molecular complexity index is 101. The lowest BCUT2D eigenvalue weighted by atomic mass is 10.5. The molecule has 0 amide bonds. The highest BCUT2D eigenvalue weighted by atomic mass is 16.5. The smallest absolute Gasteiger partial charge is 0.0958 e. The SMILES string of the molecule is C/C=C\O/C(C)=C\C. The molecular weight excluding hydrogens is 100 g/mol. The first-order valence-corrected chi connectivity index (χ1v) is 2.72. The van der Waals surface area contributed by atoms with Crippen LogP contribution in [0.3, 0.4) is 0 Å². The minimum atomic E-state index is 0.933. The maximum Gasteiger partial charge on any atom is 0.0958 e. The van der Waals surface area contributed by atoms with E-state index in [9.17, 15) is 0 Å². The summed E-state index contributed by atoms with van der Waals surface area (Å²) in [6.07, 6.45) is 5.43. The van der Waals surface area contributed by atoms with Gasteiger partial charge in [0.2, 0.25) is 0 Å². The molecule has 0 N–H and O–H groups in total. The summed E-state index contributed by atoms with van der Waals surface area (Å²) in [5.74, 6) is 0.933. The van der Waals surface area contributed by atoms with Crippen LogP contribution < -0.4 is 0 Å². The fourth-order valence-electron chi connectivity index (χ4n) is 0.243. The van der Waals surface area contributed by atoms with Crippen LogP contribution in [0, 0.1) is 0 Å². The summed E-state index contributed by atoms with van der Waals surface area (Å²) in [6.45, 7) is 5.78. The van der Waals surface area contributed by atoms with Gasteiger partial charge in [0.25, 0.3) is 0 Å².